The Kier molecular flexibility index (Phi) is 3.72. The predicted molar refractivity (Wildman–Crippen MR) is 72.9 cm³/mol. The molecule has 0 amide bonds. The molecule has 1 saturated heterocycles. The van der Waals surface area contributed by atoms with Crippen LogP contribution in [-0.2, 0) is 11.3 Å². The second-order valence-electron chi connectivity index (χ2n) is 5.86. The van der Waals surface area contributed by atoms with Gasteiger partial charge in [0.05, 0.1) is 18.3 Å². The number of aromatic nitrogens is 1. The molecule has 1 aromatic heterocycles. The molecule has 0 unspecified atom stereocenters. The van der Waals surface area contributed by atoms with E-state index in [0.717, 1.165) is 19.4 Å². The Morgan fingerprint density at radius 2 is 2.32 bits per heavy atom. The SMILES string of the molecule is CC(C)(C)Oc1c(N)cc(C#N)n1C[C@@H]1CCCO1. The van der Waals surface area contributed by atoms with Crippen LogP contribution >= 0.6 is 0 Å². The van der Waals surface area contributed by atoms with Crippen molar-refractivity contribution in [1.82, 2.24) is 4.57 Å². The van der Waals surface area contributed by atoms with Gasteiger partial charge in [-0.05, 0) is 33.6 Å². The second-order valence-corrected chi connectivity index (χ2v) is 5.86. The normalized spacial score (nSPS) is 19.4. The fourth-order valence-electron chi connectivity index (χ4n) is 2.22. The first-order chi connectivity index (χ1) is 8.90. The molecule has 1 aliphatic heterocycles. The fourth-order valence-corrected chi connectivity index (χ4v) is 2.22. The molecule has 19 heavy (non-hydrogen) atoms. The lowest BCUT2D eigenvalue weighted by Gasteiger charge is -2.24. The van der Waals surface area contributed by atoms with Crippen molar-refractivity contribution < 1.29 is 9.47 Å². The molecule has 104 valence electrons. The molecular weight excluding hydrogens is 242 g/mol. The third-order valence-electron chi connectivity index (χ3n) is 3.00. The number of ether oxygens (including phenoxy) is 2. The maximum absolute atomic E-state index is 9.21. The lowest BCUT2D eigenvalue weighted by atomic mass is 10.2. The van der Waals surface area contributed by atoms with E-state index in [1.807, 2.05) is 25.3 Å². The summed E-state index contributed by atoms with van der Waals surface area (Å²) in [4.78, 5) is 0. The Morgan fingerprint density at radius 3 is 2.84 bits per heavy atom. The number of hydrogen-bond acceptors (Lipinski definition) is 4. The topological polar surface area (TPSA) is 73.2 Å². The van der Waals surface area contributed by atoms with Gasteiger partial charge in [-0.15, -0.1) is 0 Å². The van der Waals surface area contributed by atoms with Gasteiger partial charge in [0.25, 0.3) is 0 Å². The van der Waals surface area contributed by atoms with Crippen molar-refractivity contribution in [3.05, 3.63) is 11.8 Å². The standard InChI is InChI=1S/C14H21N3O2/c1-14(2,3)19-13-12(16)7-10(8-15)17(13)9-11-5-4-6-18-11/h7,11H,4-6,9,16H2,1-3H3/t11-/m0/s1. The van der Waals surface area contributed by atoms with Gasteiger partial charge >= 0.3 is 0 Å². The van der Waals surface area contributed by atoms with Crippen LogP contribution in [0.2, 0.25) is 0 Å². The van der Waals surface area contributed by atoms with E-state index < -0.39 is 0 Å². The van der Waals surface area contributed by atoms with E-state index in [4.69, 9.17) is 15.2 Å². The first-order valence-corrected chi connectivity index (χ1v) is 6.60. The Balaban J connectivity index is 2.30. The van der Waals surface area contributed by atoms with Crippen molar-refractivity contribution in [2.24, 2.45) is 0 Å². The van der Waals surface area contributed by atoms with Gasteiger partial charge in [0.2, 0.25) is 5.88 Å². The van der Waals surface area contributed by atoms with Crippen molar-refractivity contribution >= 4 is 5.69 Å². The lowest BCUT2D eigenvalue weighted by Crippen LogP contribution is -2.26. The Morgan fingerprint density at radius 1 is 1.58 bits per heavy atom. The van der Waals surface area contributed by atoms with E-state index in [1.54, 1.807) is 6.07 Å². The van der Waals surface area contributed by atoms with Crippen LogP contribution in [0.4, 0.5) is 5.69 Å². The molecule has 0 radical (unpaired) electrons. The highest BCUT2D eigenvalue weighted by Gasteiger charge is 2.24. The molecule has 2 rings (SSSR count). The highest BCUT2D eigenvalue weighted by Crippen LogP contribution is 2.31. The average molecular weight is 263 g/mol. The summed E-state index contributed by atoms with van der Waals surface area (Å²) in [6.07, 6.45) is 2.22. The van der Waals surface area contributed by atoms with E-state index in [2.05, 4.69) is 6.07 Å². The van der Waals surface area contributed by atoms with E-state index >= 15 is 0 Å². The number of nitrogen functional groups attached to an aromatic ring is 1. The smallest absolute Gasteiger partial charge is 0.219 e. The van der Waals surface area contributed by atoms with E-state index in [0.29, 0.717) is 23.8 Å². The maximum Gasteiger partial charge on any atom is 0.219 e. The molecular formula is C14H21N3O2. The quantitative estimate of drug-likeness (QED) is 0.908. The van der Waals surface area contributed by atoms with Gasteiger partial charge in [-0.1, -0.05) is 0 Å². The van der Waals surface area contributed by atoms with Crippen molar-refractivity contribution in [2.75, 3.05) is 12.3 Å². The number of hydrogen-bond donors (Lipinski definition) is 1. The van der Waals surface area contributed by atoms with Crippen LogP contribution in [0.3, 0.4) is 0 Å². The summed E-state index contributed by atoms with van der Waals surface area (Å²) in [7, 11) is 0. The molecule has 2 heterocycles. The van der Waals surface area contributed by atoms with Crippen LogP contribution < -0.4 is 10.5 Å². The Bertz CT molecular complexity index is 488. The van der Waals surface area contributed by atoms with Gasteiger partial charge in [-0.3, -0.25) is 4.57 Å². The van der Waals surface area contributed by atoms with Gasteiger partial charge in [0.15, 0.2) is 0 Å². The first kappa shape index (κ1) is 13.8. The van der Waals surface area contributed by atoms with E-state index in [-0.39, 0.29) is 11.7 Å². The number of rotatable bonds is 3. The minimum absolute atomic E-state index is 0.140. The van der Waals surface area contributed by atoms with Crippen LogP contribution in [0, 0.1) is 11.3 Å². The fraction of sp³-hybridized carbons (Fsp3) is 0.643. The van der Waals surface area contributed by atoms with E-state index in [1.165, 1.54) is 0 Å². The molecule has 0 aliphatic carbocycles. The zero-order valence-corrected chi connectivity index (χ0v) is 11.8. The monoisotopic (exact) mass is 263 g/mol. The van der Waals surface area contributed by atoms with Crippen LogP contribution in [0.15, 0.2) is 6.07 Å². The molecule has 1 aromatic rings. The van der Waals surface area contributed by atoms with E-state index in [9.17, 15) is 5.26 Å². The Hall–Kier alpha value is -1.67. The van der Waals surface area contributed by atoms with Gasteiger partial charge in [0, 0.05) is 12.7 Å². The predicted octanol–water partition coefficient (Wildman–Crippen LogP) is 2.30. The molecule has 0 aromatic carbocycles. The average Bonchev–Trinajstić information content (AvgIpc) is 2.90. The van der Waals surface area contributed by atoms with Crippen LogP contribution in [0.5, 0.6) is 5.88 Å². The minimum Gasteiger partial charge on any atom is -0.472 e. The lowest BCUT2D eigenvalue weighted by molar-refractivity contribution is 0.0829. The summed E-state index contributed by atoms with van der Waals surface area (Å²) in [5.74, 6) is 0.569. The highest BCUT2D eigenvalue weighted by atomic mass is 16.5. The molecule has 1 aliphatic rings. The number of nitrogens with zero attached hydrogens (tertiary/aromatic N) is 2. The van der Waals surface area contributed by atoms with Crippen LogP contribution in [0.1, 0.15) is 39.3 Å². The third kappa shape index (κ3) is 3.21. The summed E-state index contributed by atoms with van der Waals surface area (Å²) >= 11 is 0. The van der Waals surface area contributed by atoms with Gasteiger partial charge in [0.1, 0.15) is 17.4 Å². The van der Waals surface area contributed by atoms with Gasteiger partial charge < -0.3 is 15.2 Å². The van der Waals surface area contributed by atoms with Crippen molar-refractivity contribution in [1.29, 1.82) is 5.26 Å². The number of nitrogens with two attached hydrogens (primary N) is 1. The molecule has 0 spiro atoms. The van der Waals surface area contributed by atoms with Crippen molar-refractivity contribution in [2.45, 2.75) is 51.9 Å². The summed E-state index contributed by atoms with van der Waals surface area (Å²) in [5.41, 5.74) is 6.63. The zero-order valence-electron chi connectivity index (χ0n) is 11.8. The molecule has 0 bridgehead atoms. The molecule has 1 fully saturated rings. The molecule has 1 atom stereocenters. The summed E-state index contributed by atoms with van der Waals surface area (Å²) in [6, 6.07) is 3.83. The van der Waals surface area contributed by atoms with Crippen LogP contribution in [0.25, 0.3) is 0 Å². The largest absolute Gasteiger partial charge is 0.472 e. The number of nitriles is 1. The molecule has 0 saturated carbocycles. The first-order valence-electron chi connectivity index (χ1n) is 6.60. The van der Waals surface area contributed by atoms with Crippen molar-refractivity contribution in [3.8, 4) is 11.9 Å². The van der Waals surface area contributed by atoms with Crippen LogP contribution in [-0.4, -0.2) is 22.9 Å². The van der Waals surface area contributed by atoms with Gasteiger partial charge in [-0.2, -0.15) is 5.26 Å². The molecule has 5 nitrogen and oxygen atoms in total. The van der Waals surface area contributed by atoms with Crippen molar-refractivity contribution in [3.63, 3.8) is 0 Å². The summed E-state index contributed by atoms with van der Waals surface area (Å²) in [6.45, 7) is 7.29. The zero-order chi connectivity index (χ0) is 14.0. The molecule has 5 heteroatoms. The third-order valence-corrected chi connectivity index (χ3v) is 3.00. The maximum atomic E-state index is 9.21. The summed E-state index contributed by atoms with van der Waals surface area (Å²) < 4.78 is 13.3. The highest BCUT2D eigenvalue weighted by molar-refractivity contribution is 5.55. The number of anilines is 1. The summed E-state index contributed by atoms with van der Waals surface area (Å²) in [5, 5.41) is 9.21. The molecule has 2 N–H and O–H groups in total. The Labute approximate surface area is 113 Å². The van der Waals surface area contributed by atoms with Gasteiger partial charge in [-0.25, -0.2) is 0 Å². The minimum atomic E-state index is -0.354. The second kappa shape index (κ2) is 5.14.